The van der Waals surface area contributed by atoms with Crippen molar-refractivity contribution in [3.05, 3.63) is 109 Å². The third kappa shape index (κ3) is 17.0. The molecule has 571 valence electrons. The zero-order chi connectivity index (χ0) is 76.6. The molecule has 0 saturated carbocycles. The molecule has 15 atom stereocenters. The van der Waals surface area contributed by atoms with Crippen molar-refractivity contribution in [2.45, 2.75) is 196 Å². The first kappa shape index (κ1) is 83.4. The average molecular weight is 1520 g/mol. The van der Waals surface area contributed by atoms with E-state index in [1.54, 1.807) is 16.5 Å². The van der Waals surface area contributed by atoms with Crippen molar-refractivity contribution in [3.8, 4) is 0 Å². The number of carbonyl (C=O) groups is 7. The molecule has 2 fully saturated rings. The molecular weight excluding hydrogens is 1420 g/mol. The standard InChI is InChI=1S/C62H90N13O14P.C7H8FN2O3.Co/c1-29-20-39-40(21-30(29)2)75(28-70-39)57-52(84)53(41(27-76)87-57)89-90(85,86)88-31(3)26-69-49(83)18-19-59(8)37(22-46(66)80)56-62(11)61(10,25-48(68)82)36(14-17-45(65)79)51(74-62)33(5)55-60(9,24-47(67)81)34(12-15-43(63)77)38(71-55)23-42-58(6,7)35(13-16-44(64)78)50(72-42)32(4)54(59)73-56;1-2-13-4-10-3-5(8)6(11)9-7(10)12;/h20-21,23,28,31,34-37,41,52-53,56-57,76,84H,12-19,22,24-27H2,1-11H3,(H15,63,64,65,66,67,68,69,71,72,73,74,77,78,79,80,81,82,83,85,86);3H,1-2,4H2,(H,9,11,12);/q;-1;+2/p-1. The van der Waals surface area contributed by atoms with Crippen LogP contribution in [-0.2, 0) is 80.2 Å². The van der Waals surface area contributed by atoms with Gasteiger partial charge >= 0.3 is 30.3 Å². The predicted molar refractivity (Wildman–Crippen MR) is 376 cm³/mol. The molecular formula is C69H97CoFN15O17P. The maximum absolute atomic E-state index is 14.4. The van der Waals surface area contributed by atoms with Crippen molar-refractivity contribution >= 4 is 77.3 Å². The number of hydrogen-bond donors (Lipinski definition) is 11. The van der Waals surface area contributed by atoms with E-state index >= 15 is 0 Å². The van der Waals surface area contributed by atoms with Gasteiger partial charge in [0.05, 0.1) is 47.5 Å². The number of H-pyrrole nitrogens is 1. The molecule has 8 bridgehead atoms. The van der Waals surface area contributed by atoms with Crippen LogP contribution in [0.1, 0.15) is 150 Å². The number of fused-ring (bicyclic) bond motifs is 7. The Morgan fingerprint density at radius 1 is 0.827 bits per heavy atom. The molecule has 7 amide bonds. The first-order chi connectivity index (χ1) is 48.0. The summed E-state index contributed by atoms with van der Waals surface area (Å²) < 4.78 is 50.5. The van der Waals surface area contributed by atoms with Gasteiger partial charge in [0.25, 0.3) is 5.56 Å². The SMILES string of the molecule is CC1=C2N=C(C=C3N=C(C(C)=C4[N-]C(C(CC(N)=O)C4(C)CCC(=O)NCC(C)OP(=O)(O)OC4C(CO)OC(n5cnc6cc(C)c(C)cc65)C4O)C4(C)N=C1C(CCC(N)=O)C4(C)CC(N)=O)C(CCC(N)=O)C3(C)C)C(CCC(N)=O)C2(C)CC(N)=O.[CH2-]COCn1cc(F)c(=O)[nH]c1=O.[Co+2]. The van der Waals surface area contributed by atoms with E-state index < -0.39 is 160 Å². The largest absolute Gasteiger partial charge is 2.00 e. The minimum Gasteiger partial charge on any atom is -0.682 e. The van der Waals surface area contributed by atoms with Crippen molar-refractivity contribution in [2.24, 2.45) is 94.7 Å². The van der Waals surface area contributed by atoms with Crippen LogP contribution in [0, 0.1) is 71.9 Å². The molecule has 35 heteroatoms. The Morgan fingerprint density at radius 3 is 2.02 bits per heavy atom. The Balaban J connectivity index is 0.000000972. The summed E-state index contributed by atoms with van der Waals surface area (Å²) in [5, 5.41) is 30.2. The van der Waals surface area contributed by atoms with Crippen LogP contribution in [0.3, 0.4) is 0 Å². The van der Waals surface area contributed by atoms with Gasteiger partial charge in [-0.15, -0.1) is 0 Å². The number of imidazole rings is 1. The number of aromatic nitrogens is 4. The second-order valence-corrected chi connectivity index (χ2v) is 30.6. The van der Waals surface area contributed by atoms with Gasteiger partial charge in [-0.05, 0) is 119 Å². The number of phosphoric acid groups is 1. The van der Waals surface area contributed by atoms with Crippen molar-refractivity contribution in [1.29, 1.82) is 0 Å². The fraction of sp³-hybridized carbons (Fsp3) is 0.594. The summed E-state index contributed by atoms with van der Waals surface area (Å²) in [5.41, 5.74) is 35.1. The van der Waals surface area contributed by atoms with E-state index in [4.69, 9.17) is 73.2 Å². The van der Waals surface area contributed by atoms with Gasteiger partial charge in [-0.25, -0.2) is 14.3 Å². The van der Waals surface area contributed by atoms with Crippen LogP contribution in [-0.4, -0.2) is 148 Å². The molecule has 3 aromatic rings. The summed E-state index contributed by atoms with van der Waals surface area (Å²) in [4.78, 5) is 149. The Hall–Kier alpha value is -7.92. The average Bonchev–Trinajstić information content (AvgIpc) is 1.53. The van der Waals surface area contributed by atoms with Crippen LogP contribution in [0.5, 0.6) is 0 Å². The molecule has 15 unspecified atom stereocenters. The number of nitrogens with two attached hydrogens (primary N) is 6. The van der Waals surface area contributed by atoms with Gasteiger partial charge in [0, 0.05) is 108 Å². The smallest absolute Gasteiger partial charge is 0.682 e. The second-order valence-electron chi connectivity index (χ2n) is 29.3. The number of benzene rings is 1. The van der Waals surface area contributed by atoms with Gasteiger partial charge in [-0.1, -0.05) is 47.3 Å². The molecule has 0 aliphatic carbocycles. The number of nitrogens with one attached hydrogen (secondary N) is 2. The molecule has 104 heavy (non-hydrogen) atoms. The summed E-state index contributed by atoms with van der Waals surface area (Å²) in [7, 11) is -5.07. The number of nitrogens with zero attached hydrogens (tertiary/aromatic N) is 7. The zero-order valence-electron chi connectivity index (χ0n) is 60.3. The number of amides is 7. The van der Waals surface area contributed by atoms with Gasteiger partial charge in [0.15, 0.2) is 6.23 Å². The first-order valence-corrected chi connectivity index (χ1v) is 35.5. The number of phosphoric ester groups is 1. The van der Waals surface area contributed by atoms with Crippen LogP contribution >= 0.6 is 7.82 Å². The number of allylic oxidation sites excluding steroid dienone is 6. The van der Waals surface area contributed by atoms with Crippen molar-refractivity contribution in [3.63, 3.8) is 0 Å². The third-order valence-corrected chi connectivity index (χ3v) is 23.0. The van der Waals surface area contributed by atoms with Gasteiger partial charge in [0.2, 0.25) is 47.2 Å². The van der Waals surface area contributed by atoms with E-state index in [0.29, 0.717) is 56.4 Å². The van der Waals surface area contributed by atoms with Crippen LogP contribution < -0.4 is 51.0 Å². The molecule has 1 radical (unpaired) electrons. The summed E-state index contributed by atoms with van der Waals surface area (Å²) in [6.07, 6.45) is -3.68. The van der Waals surface area contributed by atoms with Crippen molar-refractivity contribution in [1.82, 2.24) is 24.4 Å². The maximum atomic E-state index is 14.4. The van der Waals surface area contributed by atoms with Gasteiger partial charge in [-0.3, -0.25) is 71.9 Å². The minimum atomic E-state index is -5.07. The van der Waals surface area contributed by atoms with E-state index in [-0.39, 0.29) is 107 Å². The molecule has 6 aliphatic rings. The topological polar surface area (TPSA) is 526 Å². The number of aryl methyl sites for hydroxylation is 2. The second kappa shape index (κ2) is 32.4. The number of rotatable bonds is 29. The number of aliphatic hydroxyl groups is 2. The first-order valence-electron chi connectivity index (χ1n) is 34.0. The number of hydrogen-bond acceptors (Lipinski definition) is 20. The van der Waals surface area contributed by atoms with Crippen LogP contribution in [0.25, 0.3) is 16.4 Å². The van der Waals surface area contributed by atoms with E-state index in [2.05, 4.69) is 17.2 Å². The number of aromatic amines is 1. The number of aliphatic hydroxyl groups excluding tert-OH is 2. The quantitative estimate of drug-likeness (QED) is 0.0350. The van der Waals surface area contributed by atoms with Gasteiger partial charge in [-0.2, -0.15) is 10.1 Å². The van der Waals surface area contributed by atoms with Crippen molar-refractivity contribution in [2.75, 3.05) is 19.8 Å². The fourth-order valence-electron chi connectivity index (χ4n) is 16.1. The van der Waals surface area contributed by atoms with E-state index in [1.165, 1.54) is 13.3 Å². The number of ether oxygens (including phenoxy) is 2. The molecule has 2 aromatic heterocycles. The molecule has 32 nitrogen and oxygen atoms in total. The zero-order valence-corrected chi connectivity index (χ0v) is 62.2. The Kier molecular flexibility index (Phi) is 26.0. The Labute approximate surface area is 611 Å². The maximum Gasteiger partial charge on any atom is 2.00 e. The molecule has 2 saturated heterocycles. The molecule has 17 N–H and O–H groups in total. The summed E-state index contributed by atoms with van der Waals surface area (Å²) >= 11 is 0. The van der Waals surface area contributed by atoms with Crippen LogP contribution in [0.15, 0.2) is 83.5 Å². The predicted octanol–water partition coefficient (Wildman–Crippen LogP) is 3.43. The summed E-state index contributed by atoms with van der Waals surface area (Å²) in [6.45, 7) is 22.5. The van der Waals surface area contributed by atoms with E-state index in [9.17, 15) is 67.2 Å². The normalized spacial score (nSPS) is 29.0. The monoisotopic (exact) mass is 1520 g/mol. The number of aliphatic imine (C=N–C) groups is 3. The summed E-state index contributed by atoms with van der Waals surface area (Å²) in [6, 6.07) is 2.68. The van der Waals surface area contributed by atoms with Gasteiger partial charge in [0.1, 0.15) is 25.0 Å². The minimum absolute atomic E-state index is 0. The molecule has 9 rings (SSSR count). The number of primary amides is 6. The molecule has 0 spiro atoms. The third-order valence-electron chi connectivity index (χ3n) is 21.8. The van der Waals surface area contributed by atoms with E-state index in [0.717, 1.165) is 21.9 Å². The van der Waals surface area contributed by atoms with Crippen LogP contribution in [0.2, 0.25) is 0 Å². The van der Waals surface area contributed by atoms with Gasteiger partial charge < -0.3 is 81.1 Å². The number of halogens is 1. The summed E-state index contributed by atoms with van der Waals surface area (Å²) in [5.74, 6) is -8.36. The Morgan fingerprint density at radius 2 is 1.43 bits per heavy atom. The molecule has 6 aliphatic heterocycles. The van der Waals surface area contributed by atoms with Crippen LogP contribution in [0.4, 0.5) is 4.39 Å². The molecule has 1 aromatic carbocycles. The fourth-order valence-corrected chi connectivity index (χ4v) is 17.2. The number of carbonyl (C=O) groups excluding carboxylic acids is 7. The molecule has 8 heterocycles. The Bertz CT molecular complexity index is 4260. The van der Waals surface area contributed by atoms with E-state index in [1.807, 2.05) is 80.5 Å². The van der Waals surface area contributed by atoms with Crippen molar-refractivity contribution < 1.29 is 92.9 Å².